The second-order valence-electron chi connectivity index (χ2n) is 6.49. The van der Waals surface area contributed by atoms with E-state index in [1.807, 2.05) is 53.3 Å². The highest BCUT2D eigenvalue weighted by molar-refractivity contribution is 6.31. The van der Waals surface area contributed by atoms with Gasteiger partial charge in [0.05, 0.1) is 17.3 Å². The van der Waals surface area contributed by atoms with Gasteiger partial charge in [-0.3, -0.25) is 4.90 Å². The van der Waals surface area contributed by atoms with Crippen LogP contribution in [0.2, 0.25) is 5.02 Å². The molecule has 0 bridgehead atoms. The second-order valence-corrected chi connectivity index (χ2v) is 6.90. The Balaban J connectivity index is 1.47. The molecule has 0 unspecified atom stereocenters. The summed E-state index contributed by atoms with van der Waals surface area (Å²) in [7, 11) is 0. The molecule has 0 amide bonds. The van der Waals surface area contributed by atoms with Crippen LogP contribution in [0.1, 0.15) is 24.0 Å². The Morgan fingerprint density at radius 3 is 2.62 bits per heavy atom. The first kappa shape index (κ1) is 15.6. The van der Waals surface area contributed by atoms with Gasteiger partial charge in [-0.05, 0) is 31.0 Å². The Labute approximate surface area is 146 Å². The van der Waals surface area contributed by atoms with Gasteiger partial charge in [0.15, 0.2) is 0 Å². The molecule has 3 aromatic rings. The van der Waals surface area contributed by atoms with Crippen LogP contribution in [0, 0.1) is 0 Å². The highest BCUT2D eigenvalue weighted by Crippen LogP contribution is 2.37. The lowest BCUT2D eigenvalue weighted by atomic mass is 9.84. The zero-order valence-corrected chi connectivity index (χ0v) is 14.2. The maximum atomic E-state index is 11.0. The minimum atomic E-state index is -0.823. The lowest BCUT2D eigenvalue weighted by Gasteiger charge is -2.38. The standard InChI is InChI=1S/C19H20ClN3O/c20-17-6-2-1-5-16(17)19(24)8-11-22(12-9-19)14-15-13-21-23-10-4-3-7-18(15)23/h1-7,10,13,24H,8-9,11-12,14H2. The SMILES string of the molecule is OC1(c2ccccc2Cl)CCN(Cc2cnn3ccccc23)CC1. The maximum Gasteiger partial charge on any atom is 0.0935 e. The number of hydrogen-bond donors (Lipinski definition) is 1. The Bertz CT molecular complexity index is 852. The summed E-state index contributed by atoms with van der Waals surface area (Å²) in [6.07, 6.45) is 5.28. The summed E-state index contributed by atoms with van der Waals surface area (Å²) in [4.78, 5) is 2.37. The molecule has 0 aliphatic carbocycles. The molecule has 4 nitrogen and oxygen atoms in total. The number of aromatic nitrogens is 2. The average molecular weight is 342 g/mol. The first-order chi connectivity index (χ1) is 11.7. The predicted molar refractivity (Wildman–Crippen MR) is 95.1 cm³/mol. The number of likely N-dealkylation sites (tertiary alicyclic amines) is 1. The molecule has 0 saturated carbocycles. The van der Waals surface area contributed by atoms with Crippen molar-refractivity contribution in [2.45, 2.75) is 25.0 Å². The normalized spacial score (nSPS) is 18.1. The van der Waals surface area contributed by atoms with Crippen molar-refractivity contribution in [2.24, 2.45) is 0 Å². The van der Waals surface area contributed by atoms with Crippen LogP contribution in [-0.2, 0) is 12.1 Å². The maximum absolute atomic E-state index is 11.0. The number of pyridine rings is 1. The quantitative estimate of drug-likeness (QED) is 0.793. The van der Waals surface area contributed by atoms with Crippen LogP contribution in [0.5, 0.6) is 0 Å². The molecule has 1 aromatic carbocycles. The second kappa shape index (κ2) is 6.20. The molecule has 124 valence electrons. The molecule has 3 heterocycles. The molecule has 1 fully saturated rings. The van der Waals surface area contributed by atoms with Gasteiger partial charge in [0, 0.05) is 42.0 Å². The molecule has 24 heavy (non-hydrogen) atoms. The van der Waals surface area contributed by atoms with Gasteiger partial charge in [0.25, 0.3) is 0 Å². The van der Waals surface area contributed by atoms with Crippen LogP contribution in [0.25, 0.3) is 5.52 Å². The van der Waals surface area contributed by atoms with E-state index in [1.54, 1.807) is 0 Å². The van der Waals surface area contributed by atoms with Gasteiger partial charge < -0.3 is 5.11 Å². The van der Waals surface area contributed by atoms with E-state index in [0.29, 0.717) is 17.9 Å². The molecule has 0 atom stereocenters. The van der Waals surface area contributed by atoms with E-state index >= 15 is 0 Å². The number of nitrogens with zero attached hydrogens (tertiary/aromatic N) is 3. The van der Waals surface area contributed by atoms with Crippen LogP contribution in [0.15, 0.2) is 54.9 Å². The van der Waals surface area contributed by atoms with Crippen LogP contribution in [0.3, 0.4) is 0 Å². The van der Waals surface area contributed by atoms with Gasteiger partial charge in [-0.2, -0.15) is 5.10 Å². The third-order valence-corrected chi connectivity index (χ3v) is 5.29. The molecule has 1 aliphatic heterocycles. The summed E-state index contributed by atoms with van der Waals surface area (Å²) in [5.74, 6) is 0. The van der Waals surface area contributed by atoms with E-state index in [9.17, 15) is 5.11 Å². The summed E-state index contributed by atoms with van der Waals surface area (Å²) < 4.78 is 1.90. The predicted octanol–water partition coefficient (Wildman–Crippen LogP) is 3.47. The van der Waals surface area contributed by atoms with Crippen molar-refractivity contribution in [1.29, 1.82) is 0 Å². The molecule has 1 aliphatic rings. The van der Waals surface area contributed by atoms with E-state index in [-0.39, 0.29) is 0 Å². The van der Waals surface area contributed by atoms with Crippen molar-refractivity contribution in [2.75, 3.05) is 13.1 Å². The number of hydrogen-bond acceptors (Lipinski definition) is 3. The zero-order chi connectivity index (χ0) is 16.6. The minimum absolute atomic E-state index is 0.649. The van der Waals surface area contributed by atoms with Gasteiger partial charge in [-0.15, -0.1) is 0 Å². The molecule has 0 radical (unpaired) electrons. The van der Waals surface area contributed by atoms with E-state index < -0.39 is 5.60 Å². The lowest BCUT2D eigenvalue weighted by molar-refractivity contribution is -0.0275. The molecular formula is C19H20ClN3O. The number of benzene rings is 1. The summed E-state index contributed by atoms with van der Waals surface area (Å²) in [5.41, 5.74) is 2.39. The molecule has 0 spiro atoms. The summed E-state index contributed by atoms with van der Waals surface area (Å²) >= 11 is 6.28. The fraction of sp³-hybridized carbons (Fsp3) is 0.316. The van der Waals surface area contributed by atoms with Gasteiger partial charge in [0.1, 0.15) is 0 Å². The molecule has 5 heteroatoms. The van der Waals surface area contributed by atoms with Crippen molar-refractivity contribution < 1.29 is 5.11 Å². The highest BCUT2D eigenvalue weighted by atomic mass is 35.5. The monoisotopic (exact) mass is 341 g/mol. The van der Waals surface area contributed by atoms with Crippen LogP contribution in [0.4, 0.5) is 0 Å². The summed E-state index contributed by atoms with van der Waals surface area (Å²) in [6.45, 7) is 2.53. The van der Waals surface area contributed by atoms with E-state index in [2.05, 4.69) is 16.1 Å². The fourth-order valence-corrected chi connectivity index (χ4v) is 3.85. The van der Waals surface area contributed by atoms with E-state index in [4.69, 9.17) is 11.6 Å². The topological polar surface area (TPSA) is 40.8 Å². The third-order valence-electron chi connectivity index (χ3n) is 4.96. The van der Waals surface area contributed by atoms with Gasteiger partial charge >= 0.3 is 0 Å². The Morgan fingerprint density at radius 2 is 1.83 bits per heavy atom. The van der Waals surface area contributed by atoms with Crippen molar-refractivity contribution in [3.63, 3.8) is 0 Å². The summed E-state index contributed by atoms with van der Waals surface area (Å²) in [6, 6.07) is 13.7. The Hall–Kier alpha value is -1.88. The Kier molecular flexibility index (Phi) is 4.04. The molecule has 2 aromatic heterocycles. The number of rotatable bonds is 3. The van der Waals surface area contributed by atoms with Crippen molar-refractivity contribution >= 4 is 17.1 Å². The number of halogens is 1. The third kappa shape index (κ3) is 2.81. The molecule has 1 saturated heterocycles. The van der Waals surface area contributed by atoms with Gasteiger partial charge in [-0.1, -0.05) is 35.9 Å². The van der Waals surface area contributed by atoms with Crippen LogP contribution in [-0.4, -0.2) is 32.7 Å². The van der Waals surface area contributed by atoms with E-state index in [1.165, 1.54) is 5.56 Å². The summed E-state index contributed by atoms with van der Waals surface area (Å²) in [5, 5.41) is 16.1. The fourth-order valence-electron chi connectivity index (χ4n) is 3.54. The van der Waals surface area contributed by atoms with Crippen molar-refractivity contribution in [3.8, 4) is 0 Å². The number of fused-ring (bicyclic) bond motifs is 1. The first-order valence-corrected chi connectivity index (χ1v) is 8.64. The number of aliphatic hydroxyl groups is 1. The minimum Gasteiger partial charge on any atom is -0.385 e. The number of piperidine rings is 1. The van der Waals surface area contributed by atoms with Gasteiger partial charge in [-0.25, -0.2) is 4.52 Å². The molecule has 1 N–H and O–H groups in total. The Morgan fingerprint density at radius 1 is 1.08 bits per heavy atom. The lowest BCUT2D eigenvalue weighted by Crippen LogP contribution is -2.42. The van der Waals surface area contributed by atoms with E-state index in [0.717, 1.165) is 30.7 Å². The first-order valence-electron chi connectivity index (χ1n) is 8.27. The van der Waals surface area contributed by atoms with Crippen LogP contribution < -0.4 is 0 Å². The molecule has 4 rings (SSSR count). The highest BCUT2D eigenvalue weighted by Gasteiger charge is 2.35. The van der Waals surface area contributed by atoms with Crippen molar-refractivity contribution in [1.82, 2.24) is 14.5 Å². The van der Waals surface area contributed by atoms with Gasteiger partial charge in [0.2, 0.25) is 0 Å². The largest absolute Gasteiger partial charge is 0.385 e. The van der Waals surface area contributed by atoms with Crippen LogP contribution >= 0.6 is 11.6 Å². The smallest absolute Gasteiger partial charge is 0.0935 e. The average Bonchev–Trinajstić information content (AvgIpc) is 3.01. The molecular weight excluding hydrogens is 322 g/mol. The van der Waals surface area contributed by atoms with Crippen molar-refractivity contribution in [3.05, 3.63) is 71.0 Å². The zero-order valence-electron chi connectivity index (χ0n) is 13.4.